The van der Waals surface area contributed by atoms with Gasteiger partial charge in [0.05, 0.1) is 11.8 Å². The minimum Gasteiger partial charge on any atom is -0.494 e. The number of benzene rings is 2. The molecule has 0 atom stereocenters. The van der Waals surface area contributed by atoms with Crippen LogP contribution in [-0.2, 0) is 6.54 Å². The summed E-state index contributed by atoms with van der Waals surface area (Å²) >= 11 is 1.45. The van der Waals surface area contributed by atoms with Crippen LogP contribution in [0.1, 0.15) is 12.5 Å². The molecule has 0 aliphatic carbocycles. The van der Waals surface area contributed by atoms with Gasteiger partial charge in [-0.15, -0.1) is 12.4 Å². The highest BCUT2D eigenvalue weighted by molar-refractivity contribution is 7.23. The largest absolute Gasteiger partial charge is 0.494 e. The molecule has 4 aromatic rings. The molecular formula is C23H23ClN4O2S. The van der Waals surface area contributed by atoms with Crippen molar-refractivity contribution in [1.82, 2.24) is 14.9 Å². The van der Waals surface area contributed by atoms with Gasteiger partial charge in [-0.3, -0.25) is 10.3 Å². The predicted molar refractivity (Wildman–Crippen MR) is 128 cm³/mol. The van der Waals surface area contributed by atoms with Crippen LogP contribution in [0.5, 0.6) is 5.75 Å². The monoisotopic (exact) mass is 454 g/mol. The second kappa shape index (κ2) is 10.2. The molecular weight excluding hydrogens is 432 g/mol. The highest BCUT2D eigenvalue weighted by atomic mass is 35.5. The van der Waals surface area contributed by atoms with Crippen LogP contribution in [0.25, 0.3) is 21.3 Å². The van der Waals surface area contributed by atoms with Gasteiger partial charge in [-0.25, -0.2) is 9.78 Å². The second-order valence-electron chi connectivity index (χ2n) is 6.68. The molecule has 0 spiro atoms. The van der Waals surface area contributed by atoms with E-state index in [2.05, 4.69) is 27.4 Å². The van der Waals surface area contributed by atoms with Gasteiger partial charge >= 0.3 is 6.03 Å². The van der Waals surface area contributed by atoms with Gasteiger partial charge in [0, 0.05) is 31.0 Å². The normalized spacial score (nSPS) is 10.4. The second-order valence-corrected chi connectivity index (χ2v) is 7.68. The van der Waals surface area contributed by atoms with Crippen molar-refractivity contribution < 1.29 is 9.53 Å². The lowest BCUT2D eigenvalue weighted by Crippen LogP contribution is -2.34. The van der Waals surface area contributed by atoms with Crippen LogP contribution in [0.15, 0.2) is 67.0 Å². The first kappa shape index (κ1) is 22.5. The van der Waals surface area contributed by atoms with E-state index in [1.807, 2.05) is 49.4 Å². The fraction of sp³-hybridized carbons (Fsp3) is 0.174. The van der Waals surface area contributed by atoms with Crippen LogP contribution in [0, 0.1) is 0 Å². The molecule has 1 N–H and O–H groups in total. The molecule has 0 aliphatic rings. The quantitative estimate of drug-likeness (QED) is 0.397. The number of aromatic nitrogens is 2. The number of anilines is 1. The molecule has 0 radical (unpaired) electrons. The van der Waals surface area contributed by atoms with Gasteiger partial charge in [0.1, 0.15) is 11.3 Å². The number of rotatable bonds is 6. The third-order valence-corrected chi connectivity index (χ3v) is 5.82. The van der Waals surface area contributed by atoms with Gasteiger partial charge in [0.25, 0.3) is 0 Å². The van der Waals surface area contributed by atoms with Crippen LogP contribution in [0.2, 0.25) is 0 Å². The molecule has 0 fully saturated rings. The first-order valence-corrected chi connectivity index (χ1v) is 10.5. The fourth-order valence-corrected chi connectivity index (χ4v) is 4.26. The van der Waals surface area contributed by atoms with Crippen LogP contribution < -0.4 is 10.1 Å². The molecule has 2 amide bonds. The van der Waals surface area contributed by atoms with E-state index in [0.717, 1.165) is 26.9 Å². The number of nitrogens with one attached hydrogen (secondary N) is 1. The zero-order valence-electron chi connectivity index (χ0n) is 17.2. The molecule has 4 rings (SSSR count). The number of carbonyl (C=O) groups is 1. The smallest absolute Gasteiger partial charge is 0.323 e. The molecule has 0 unspecified atom stereocenters. The topological polar surface area (TPSA) is 67.4 Å². The zero-order chi connectivity index (χ0) is 20.9. The Morgan fingerprint density at radius 3 is 2.52 bits per heavy atom. The first-order chi connectivity index (χ1) is 14.7. The van der Waals surface area contributed by atoms with Gasteiger partial charge in [-0.05, 0) is 42.3 Å². The molecule has 160 valence electrons. The lowest BCUT2D eigenvalue weighted by atomic mass is 10.1. The Bertz CT molecular complexity index is 1150. The average Bonchev–Trinajstić information content (AvgIpc) is 3.21. The molecule has 2 aromatic heterocycles. The lowest BCUT2D eigenvalue weighted by Gasteiger charge is -2.20. The van der Waals surface area contributed by atoms with Gasteiger partial charge in [-0.2, -0.15) is 0 Å². The summed E-state index contributed by atoms with van der Waals surface area (Å²) in [5.74, 6) is 0.686. The number of nitrogens with zero attached hydrogens (tertiary/aromatic N) is 3. The predicted octanol–water partition coefficient (Wildman–Crippen LogP) is 5.84. The number of fused-ring (bicyclic) bond motifs is 1. The van der Waals surface area contributed by atoms with Crippen molar-refractivity contribution in [2.45, 2.75) is 13.5 Å². The Morgan fingerprint density at radius 1 is 1.10 bits per heavy atom. The summed E-state index contributed by atoms with van der Waals surface area (Å²) in [6.45, 7) is 3.04. The number of halogens is 1. The van der Waals surface area contributed by atoms with Crippen LogP contribution in [-0.4, -0.2) is 34.6 Å². The van der Waals surface area contributed by atoms with E-state index in [1.165, 1.54) is 11.3 Å². The summed E-state index contributed by atoms with van der Waals surface area (Å²) in [5, 5.41) is 3.50. The summed E-state index contributed by atoms with van der Waals surface area (Å²) in [5.41, 5.74) is 3.93. The molecule has 0 bridgehead atoms. The number of methoxy groups -OCH3 is 1. The Kier molecular flexibility index (Phi) is 7.44. The van der Waals surface area contributed by atoms with E-state index in [4.69, 9.17) is 4.74 Å². The van der Waals surface area contributed by atoms with Crippen LogP contribution in [0.3, 0.4) is 0 Å². The number of carbonyl (C=O) groups excluding carboxylic acids is 1. The van der Waals surface area contributed by atoms with E-state index in [9.17, 15) is 4.79 Å². The number of thiazole rings is 1. The number of pyridine rings is 1. The summed E-state index contributed by atoms with van der Waals surface area (Å²) < 4.78 is 6.48. The average molecular weight is 455 g/mol. The van der Waals surface area contributed by atoms with Crippen molar-refractivity contribution in [3.63, 3.8) is 0 Å². The summed E-state index contributed by atoms with van der Waals surface area (Å²) in [6, 6.07) is 17.7. The summed E-state index contributed by atoms with van der Waals surface area (Å²) in [7, 11) is 1.63. The molecule has 0 saturated carbocycles. The van der Waals surface area contributed by atoms with Gasteiger partial charge < -0.3 is 9.64 Å². The van der Waals surface area contributed by atoms with Crippen LogP contribution >= 0.6 is 23.7 Å². The van der Waals surface area contributed by atoms with Crippen molar-refractivity contribution in [1.29, 1.82) is 0 Å². The molecule has 0 aliphatic heterocycles. The van der Waals surface area contributed by atoms with E-state index >= 15 is 0 Å². The molecule has 0 saturated heterocycles. The maximum absolute atomic E-state index is 12.9. The minimum absolute atomic E-state index is 0. The van der Waals surface area contributed by atoms with Gasteiger partial charge in [0.2, 0.25) is 0 Å². The fourth-order valence-electron chi connectivity index (χ4n) is 3.25. The molecule has 2 aromatic carbocycles. The number of amides is 2. The summed E-state index contributed by atoms with van der Waals surface area (Å²) in [4.78, 5) is 23.3. The number of ether oxygens (including phenoxy) is 1. The molecule has 6 nitrogen and oxygen atoms in total. The van der Waals surface area contributed by atoms with Gasteiger partial charge in [-0.1, -0.05) is 41.7 Å². The standard InChI is InChI=1S/C23H22N4O2S.ClH/c1-3-27(15-16-11-13-24-14-12-16)23(28)26-22-25-20-19(29-2)10-9-18(21(20)30-22)17-7-5-4-6-8-17;/h4-14H,3,15H2,1-2H3,(H,25,26,28);1H. The van der Waals surface area contributed by atoms with E-state index in [1.54, 1.807) is 24.4 Å². The SMILES string of the molecule is CCN(Cc1ccncc1)C(=O)Nc1nc2c(OC)ccc(-c3ccccc3)c2s1.Cl. The third-order valence-electron chi connectivity index (χ3n) is 4.82. The molecule has 8 heteroatoms. The van der Waals surface area contributed by atoms with Crippen molar-refractivity contribution in [2.24, 2.45) is 0 Å². The maximum Gasteiger partial charge on any atom is 0.323 e. The third kappa shape index (κ3) is 4.95. The van der Waals surface area contributed by atoms with Crippen molar-refractivity contribution in [3.05, 3.63) is 72.6 Å². The molecule has 2 heterocycles. The van der Waals surface area contributed by atoms with Crippen molar-refractivity contribution in [2.75, 3.05) is 19.0 Å². The highest BCUT2D eigenvalue weighted by Gasteiger charge is 2.18. The van der Waals surface area contributed by atoms with Crippen molar-refractivity contribution >= 4 is 45.1 Å². The number of hydrogen-bond donors (Lipinski definition) is 1. The van der Waals surface area contributed by atoms with E-state index < -0.39 is 0 Å². The maximum atomic E-state index is 12.9. The van der Waals surface area contributed by atoms with E-state index in [-0.39, 0.29) is 18.4 Å². The van der Waals surface area contributed by atoms with Crippen LogP contribution in [0.4, 0.5) is 9.93 Å². The Hall–Kier alpha value is -3.16. The number of urea groups is 1. The van der Waals surface area contributed by atoms with Crippen molar-refractivity contribution in [3.8, 4) is 16.9 Å². The Labute approximate surface area is 191 Å². The van der Waals surface area contributed by atoms with E-state index in [0.29, 0.717) is 24.0 Å². The Morgan fingerprint density at radius 2 is 1.84 bits per heavy atom. The van der Waals surface area contributed by atoms with Gasteiger partial charge in [0.15, 0.2) is 5.13 Å². The number of hydrogen-bond acceptors (Lipinski definition) is 5. The first-order valence-electron chi connectivity index (χ1n) is 9.67. The molecule has 31 heavy (non-hydrogen) atoms. The minimum atomic E-state index is -0.186. The Balaban J connectivity index is 0.00000272. The summed E-state index contributed by atoms with van der Waals surface area (Å²) in [6.07, 6.45) is 3.46. The highest BCUT2D eigenvalue weighted by Crippen LogP contribution is 2.39. The lowest BCUT2D eigenvalue weighted by molar-refractivity contribution is 0.212. The zero-order valence-corrected chi connectivity index (χ0v) is 18.9.